The van der Waals surface area contributed by atoms with Gasteiger partial charge < -0.3 is 10.5 Å². The molecular weight excluding hydrogens is 248 g/mol. The van der Waals surface area contributed by atoms with Crippen LogP contribution < -0.4 is 10.5 Å². The molecule has 1 aliphatic carbocycles. The van der Waals surface area contributed by atoms with Gasteiger partial charge in [0.05, 0.1) is 10.5 Å². The molecule has 1 fully saturated rings. The van der Waals surface area contributed by atoms with Crippen LogP contribution in [0.1, 0.15) is 38.5 Å². The number of rotatable bonds is 4. The van der Waals surface area contributed by atoms with Gasteiger partial charge in [0.2, 0.25) is 0 Å². The SMILES string of the molecule is Cn1cc([N+](=O)[O-])c(OCC2(N)CCCCCC2)n1. The van der Waals surface area contributed by atoms with Gasteiger partial charge in [-0.2, -0.15) is 0 Å². The smallest absolute Gasteiger partial charge is 0.350 e. The molecule has 7 heteroatoms. The van der Waals surface area contributed by atoms with Crippen LogP contribution in [0.25, 0.3) is 0 Å². The summed E-state index contributed by atoms with van der Waals surface area (Å²) in [6.45, 7) is 0.283. The van der Waals surface area contributed by atoms with Crippen molar-refractivity contribution < 1.29 is 9.66 Å². The first-order valence-corrected chi connectivity index (χ1v) is 6.60. The van der Waals surface area contributed by atoms with E-state index in [-0.39, 0.29) is 23.7 Å². The molecule has 7 nitrogen and oxygen atoms in total. The summed E-state index contributed by atoms with van der Waals surface area (Å²) in [4.78, 5) is 10.4. The van der Waals surface area contributed by atoms with E-state index >= 15 is 0 Å². The first-order chi connectivity index (χ1) is 9.00. The minimum atomic E-state index is -0.487. The minimum absolute atomic E-state index is 0.0570. The highest BCUT2D eigenvalue weighted by Gasteiger charge is 2.29. The predicted octanol–water partition coefficient (Wildman–Crippen LogP) is 1.76. The predicted molar refractivity (Wildman–Crippen MR) is 70.0 cm³/mol. The van der Waals surface area contributed by atoms with Gasteiger partial charge in [0, 0.05) is 7.05 Å². The normalized spacial score (nSPS) is 18.8. The molecule has 0 aromatic carbocycles. The van der Waals surface area contributed by atoms with E-state index < -0.39 is 4.92 Å². The molecule has 0 spiro atoms. The zero-order valence-corrected chi connectivity index (χ0v) is 11.2. The second-order valence-corrected chi connectivity index (χ2v) is 5.32. The van der Waals surface area contributed by atoms with Gasteiger partial charge in [0.25, 0.3) is 0 Å². The van der Waals surface area contributed by atoms with E-state index in [0.717, 1.165) is 25.7 Å². The van der Waals surface area contributed by atoms with E-state index in [9.17, 15) is 10.1 Å². The highest BCUT2D eigenvalue weighted by molar-refractivity contribution is 5.38. The van der Waals surface area contributed by atoms with Gasteiger partial charge in [-0.25, -0.2) is 0 Å². The Morgan fingerprint density at radius 3 is 2.68 bits per heavy atom. The van der Waals surface area contributed by atoms with E-state index in [4.69, 9.17) is 10.5 Å². The van der Waals surface area contributed by atoms with Gasteiger partial charge in [-0.05, 0) is 12.8 Å². The molecular formula is C12H20N4O3. The van der Waals surface area contributed by atoms with Crippen LogP contribution in [0.3, 0.4) is 0 Å². The molecule has 1 saturated carbocycles. The quantitative estimate of drug-likeness (QED) is 0.510. The largest absolute Gasteiger partial charge is 0.470 e. The molecule has 1 aromatic heterocycles. The third kappa shape index (κ3) is 3.44. The van der Waals surface area contributed by atoms with Gasteiger partial charge in [-0.1, -0.05) is 25.7 Å². The summed E-state index contributed by atoms with van der Waals surface area (Å²) < 4.78 is 6.90. The van der Waals surface area contributed by atoms with Crippen molar-refractivity contribution in [3.8, 4) is 5.88 Å². The van der Waals surface area contributed by atoms with Crippen molar-refractivity contribution in [2.45, 2.75) is 44.1 Å². The van der Waals surface area contributed by atoms with Crippen LogP contribution in [0.15, 0.2) is 6.20 Å². The van der Waals surface area contributed by atoms with E-state index in [1.54, 1.807) is 7.05 Å². The Kier molecular flexibility index (Phi) is 4.04. The number of hydrogen-bond acceptors (Lipinski definition) is 5. The first kappa shape index (κ1) is 13.8. The average molecular weight is 268 g/mol. The summed E-state index contributed by atoms with van der Waals surface area (Å²) in [7, 11) is 1.63. The third-order valence-corrected chi connectivity index (χ3v) is 3.57. The highest BCUT2D eigenvalue weighted by Crippen LogP contribution is 2.28. The second-order valence-electron chi connectivity index (χ2n) is 5.32. The molecule has 2 rings (SSSR count). The summed E-state index contributed by atoms with van der Waals surface area (Å²) in [5.74, 6) is 0.0570. The highest BCUT2D eigenvalue weighted by atomic mass is 16.6. The molecule has 2 N–H and O–H groups in total. The summed E-state index contributed by atoms with van der Waals surface area (Å²) in [6.07, 6.45) is 7.70. The summed E-state index contributed by atoms with van der Waals surface area (Å²) in [5.41, 5.74) is 5.81. The van der Waals surface area contributed by atoms with Crippen LogP contribution in [0, 0.1) is 10.1 Å². The maximum Gasteiger partial charge on any atom is 0.350 e. The lowest BCUT2D eigenvalue weighted by Gasteiger charge is -2.27. The molecule has 0 bridgehead atoms. The number of aryl methyl sites for hydroxylation is 1. The fourth-order valence-corrected chi connectivity index (χ4v) is 2.47. The molecule has 0 saturated heterocycles. The van der Waals surface area contributed by atoms with Crippen LogP contribution >= 0.6 is 0 Å². The zero-order valence-electron chi connectivity index (χ0n) is 11.2. The third-order valence-electron chi connectivity index (χ3n) is 3.57. The molecule has 106 valence electrons. The molecule has 0 aliphatic heterocycles. The van der Waals surface area contributed by atoms with Crippen LogP contribution in [0.4, 0.5) is 5.69 Å². The van der Waals surface area contributed by atoms with Crippen molar-refractivity contribution in [3.63, 3.8) is 0 Å². The molecule has 0 radical (unpaired) electrons. The lowest BCUT2D eigenvalue weighted by Crippen LogP contribution is -2.45. The molecule has 1 aliphatic rings. The van der Waals surface area contributed by atoms with Gasteiger partial charge in [0.1, 0.15) is 12.8 Å². The molecule has 1 aromatic rings. The van der Waals surface area contributed by atoms with E-state index in [1.807, 2.05) is 0 Å². The monoisotopic (exact) mass is 268 g/mol. The fraction of sp³-hybridized carbons (Fsp3) is 0.750. The van der Waals surface area contributed by atoms with Crippen molar-refractivity contribution >= 4 is 5.69 Å². The van der Waals surface area contributed by atoms with Crippen LogP contribution in [-0.4, -0.2) is 26.8 Å². The standard InChI is InChI=1S/C12H20N4O3/c1-15-8-10(16(17)18)11(14-15)19-9-12(13)6-4-2-3-5-7-12/h8H,2-7,9,13H2,1H3. The molecule has 19 heavy (non-hydrogen) atoms. The average Bonchev–Trinajstić information content (AvgIpc) is 2.59. The van der Waals surface area contributed by atoms with Gasteiger partial charge in [-0.15, -0.1) is 5.10 Å². The fourth-order valence-electron chi connectivity index (χ4n) is 2.47. The molecule has 0 unspecified atom stereocenters. The van der Waals surface area contributed by atoms with Crippen molar-refractivity contribution in [1.29, 1.82) is 0 Å². The molecule has 0 amide bonds. The first-order valence-electron chi connectivity index (χ1n) is 6.60. The van der Waals surface area contributed by atoms with Crippen LogP contribution in [0.2, 0.25) is 0 Å². The van der Waals surface area contributed by atoms with Crippen molar-refractivity contribution in [3.05, 3.63) is 16.3 Å². The molecule has 0 atom stereocenters. The maximum absolute atomic E-state index is 10.9. The van der Waals surface area contributed by atoms with Crippen molar-refractivity contribution in [2.75, 3.05) is 6.61 Å². The van der Waals surface area contributed by atoms with E-state index in [2.05, 4.69) is 5.10 Å². The number of hydrogen-bond donors (Lipinski definition) is 1. The summed E-state index contributed by atoms with van der Waals surface area (Å²) >= 11 is 0. The zero-order chi connectivity index (χ0) is 13.9. The number of nitrogens with two attached hydrogens (primary N) is 1. The Labute approximate surface area is 111 Å². The summed E-state index contributed by atoms with van der Waals surface area (Å²) in [6, 6.07) is 0. The Balaban J connectivity index is 2.03. The molecule has 1 heterocycles. The number of aromatic nitrogens is 2. The Morgan fingerprint density at radius 2 is 2.11 bits per heavy atom. The van der Waals surface area contributed by atoms with Crippen LogP contribution in [-0.2, 0) is 7.05 Å². The van der Waals surface area contributed by atoms with E-state index in [1.165, 1.54) is 23.7 Å². The summed E-state index contributed by atoms with van der Waals surface area (Å²) in [5, 5.41) is 14.8. The lowest BCUT2D eigenvalue weighted by molar-refractivity contribution is -0.386. The van der Waals surface area contributed by atoms with Gasteiger partial charge in [0.15, 0.2) is 0 Å². The maximum atomic E-state index is 10.9. The Bertz CT molecular complexity index is 450. The topological polar surface area (TPSA) is 96.2 Å². The number of nitrogens with zero attached hydrogens (tertiary/aromatic N) is 3. The van der Waals surface area contributed by atoms with Gasteiger partial charge in [-0.3, -0.25) is 14.8 Å². The second kappa shape index (κ2) is 5.56. The van der Waals surface area contributed by atoms with E-state index in [0.29, 0.717) is 0 Å². The Hall–Kier alpha value is -1.63. The van der Waals surface area contributed by atoms with Crippen molar-refractivity contribution in [2.24, 2.45) is 12.8 Å². The number of nitro groups is 1. The van der Waals surface area contributed by atoms with Crippen LogP contribution in [0.5, 0.6) is 5.88 Å². The number of ether oxygens (including phenoxy) is 1. The van der Waals surface area contributed by atoms with Crippen molar-refractivity contribution in [1.82, 2.24) is 9.78 Å². The lowest BCUT2D eigenvalue weighted by atomic mass is 9.93. The van der Waals surface area contributed by atoms with Gasteiger partial charge >= 0.3 is 11.6 Å². The Morgan fingerprint density at radius 1 is 1.47 bits per heavy atom. The minimum Gasteiger partial charge on any atom is -0.470 e.